The van der Waals surface area contributed by atoms with E-state index < -0.39 is 0 Å². The van der Waals surface area contributed by atoms with Crippen LogP contribution in [0.1, 0.15) is 54.4 Å². The van der Waals surface area contributed by atoms with Crippen molar-refractivity contribution in [1.82, 2.24) is 14.9 Å². The molecule has 1 heterocycles. The minimum Gasteiger partial charge on any atom is -0.348 e. The van der Waals surface area contributed by atoms with Crippen molar-refractivity contribution in [2.24, 2.45) is 5.92 Å². The molecule has 6 heteroatoms. The first-order chi connectivity index (χ1) is 8.63. The second-order valence-electron chi connectivity index (χ2n) is 5.07. The van der Waals surface area contributed by atoms with E-state index in [1.807, 2.05) is 13.8 Å². The minimum atomic E-state index is -0.0456. The van der Waals surface area contributed by atoms with E-state index in [4.69, 9.17) is 11.6 Å². The Hall–Kier alpha value is -0.680. The van der Waals surface area contributed by atoms with Gasteiger partial charge in [-0.3, -0.25) is 4.79 Å². The lowest BCUT2D eigenvalue weighted by molar-refractivity contribution is 0.0932. The number of aromatic nitrogens is 2. The van der Waals surface area contributed by atoms with Crippen LogP contribution in [0.25, 0.3) is 0 Å². The first kappa shape index (κ1) is 13.7. The molecule has 1 N–H and O–H groups in total. The summed E-state index contributed by atoms with van der Waals surface area (Å²) in [4.78, 5) is 12.9. The zero-order valence-electron chi connectivity index (χ0n) is 10.6. The Morgan fingerprint density at radius 3 is 3.00 bits per heavy atom. The van der Waals surface area contributed by atoms with Crippen molar-refractivity contribution in [1.29, 1.82) is 0 Å². The van der Waals surface area contributed by atoms with Gasteiger partial charge in [-0.2, -0.15) is 0 Å². The third kappa shape index (κ3) is 2.83. The van der Waals surface area contributed by atoms with Gasteiger partial charge in [0.25, 0.3) is 5.91 Å². The molecule has 0 aromatic carbocycles. The van der Waals surface area contributed by atoms with E-state index in [1.165, 1.54) is 11.5 Å². The summed E-state index contributed by atoms with van der Waals surface area (Å²) in [7, 11) is 0. The van der Waals surface area contributed by atoms with E-state index in [0.29, 0.717) is 16.7 Å². The van der Waals surface area contributed by atoms with E-state index in [2.05, 4.69) is 14.9 Å². The molecule has 2 atom stereocenters. The van der Waals surface area contributed by atoms with Crippen molar-refractivity contribution in [3.05, 3.63) is 10.6 Å². The van der Waals surface area contributed by atoms with Gasteiger partial charge in [-0.25, -0.2) is 0 Å². The van der Waals surface area contributed by atoms with Crippen LogP contribution in [0.3, 0.4) is 0 Å². The SMILES string of the molecule is CC(C)c1nnsc1C(=O)NC1CCCC1CCl. The lowest BCUT2D eigenvalue weighted by Gasteiger charge is -2.18. The molecule has 2 rings (SSSR count). The number of alkyl halides is 1. The third-order valence-corrected chi connectivity index (χ3v) is 4.58. The quantitative estimate of drug-likeness (QED) is 0.867. The molecular weight excluding hydrogens is 270 g/mol. The Labute approximate surface area is 116 Å². The first-order valence-electron chi connectivity index (χ1n) is 6.32. The highest BCUT2D eigenvalue weighted by molar-refractivity contribution is 7.08. The smallest absolute Gasteiger partial charge is 0.265 e. The fourth-order valence-corrected chi connectivity index (χ4v) is 3.47. The largest absolute Gasteiger partial charge is 0.348 e. The number of hydrogen-bond donors (Lipinski definition) is 1. The van der Waals surface area contributed by atoms with Crippen LogP contribution >= 0.6 is 23.1 Å². The normalized spacial score (nSPS) is 23.6. The Kier molecular flexibility index (Phi) is 4.56. The topological polar surface area (TPSA) is 54.9 Å². The van der Waals surface area contributed by atoms with Gasteiger partial charge >= 0.3 is 0 Å². The number of carbonyl (C=O) groups excluding carboxylic acids is 1. The maximum atomic E-state index is 12.2. The molecule has 1 aliphatic carbocycles. The number of carbonyl (C=O) groups is 1. The summed E-state index contributed by atoms with van der Waals surface area (Å²) in [6.45, 7) is 4.04. The molecule has 0 radical (unpaired) electrons. The zero-order valence-corrected chi connectivity index (χ0v) is 12.2. The van der Waals surface area contributed by atoms with Gasteiger partial charge in [-0.1, -0.05) is 24.8 Å². The summed E-state index contributed by atoms with van der Waals surface area (Å²) in [5, 5.41) is 7.12. The molecule has 1 aliphatic rings. The van der Waals surface area contributed by atoms with Gasteiger partial charge in [-0.05, 0) is 36.2 Å². The number of rotatable bonds is 4. The summed E-state index contributed by atoms with van der Waals surface area (Å²) in [5.41, 5.74) is 0.790. The number of amides is 1. The Balaban J connectivity index is 2.05. The highest BCUT2D eigenvalue weighted by Gasteiger charge is 2.29. The molecule has 1 aromatic rings. The van der Waals surface area contributed by atoms with Crippen molar-refractivity contribution in [3.63, 3.8) is 0 Å². The average molecular weight is 288 g/mol. The predicted octanol–water partition coefficient (Wildman–Crippen LogP) is 2.80. The number of hydrogen-bond acceptors (Lipinski definition) is 4. The minimum absolute atomic E-state index is 0.0456. The molecule has 2 unspecified atom stereocenters. The van der Waals surface area contributed by atoms with Crippen LogP contribution < -0.4 is 5.32 Å². The van der Waals surface area contributed by atoms with Crippen molar-refractivity contribution in [2.45, 2.75) is 45.1 Å². The van der Waals surface area contributed by atoms with Crippen LogP contribution in [-0.4, -0.2) is 27.4 Å². The van der Waals surface area contributed by atoms with Crippen LogP contribution in [0.5, 0.6) is 0 Å². The van der Waals surface area contributed by atoms with Crippen LogP contribution in [0.15, 0.2) is 0 Å². The van der Waals surface area contributed by atoms with Crippen LogP contribution in [0, 0.1) is 5.92 Å². The van der Waals surface area contributed by atoms with Gasteiger partial charge in [0.05, 0.1) is 5.69 Å². The molecule has 1 fully saturated rings. The third-order valence-electron chi connectivity index (χ3n) is 3.44. The maximum Gasteiger partial charge on any atom is 0.265 e. The molecule has 1 saturated carbocycles. The number of halogens is 1. The molecular formula is C12H18ClN3OS. The Bertz CT molecular complexity index is 421. The molecule has 0 saturated heterocycles. The lowest BCUT2D eigenvalue weighted by Crippen LogP contribution is -2.38. The van der Waals surface area contributed by atoms with E-state index in [-0.39, 0.29) is 17.9 Å². The van der Waals surface area contributed by atoms with E-state index in [1.54, 1.807) is 0 Å². The summed E-state index contributed by atoms with van der Waals surface area (Å²) in [6.07, 6.45) is 3.26. The summed E-state index contributed by atoms with van der Waals surface area (Å²) in [5.74, 6) is 1.19. The molecule has 0 bridgehead atoms. The van der Waals surface area contributed by atoms with Gasteiger partial charge in [-0.15, -0.1) is 16.7 Å². The van der Waals surface area contributed by atoms with Crippen LogP contribution in [-0.2, 0) is 0 Å². The van der Waals surface area contributed by atoms with Crippen molar-refractivity contribution >= 4 is 29.0 Å². The Morgan fingerprint density at radius 2 is 2.33 bits per heavy atom. The van der Waals surface area contributed by atoms with Crippen LogP contribution in [0.2, 0.25) is 0 Å². The van der Waals surface area contributed by atoms with E-state index in [9.17, 15) is 4.79 Å². The highest BCUT2D eigenvalue weighted by Crippen LogP contribution is 2.27. The van der Waals surface area contributed by atoms with Crippen molar-refractivity contribution in [2.75, 3.05) is 5.88 Å². The lowest BCUT2D eigenvalue weighted by atomic mass is 10.1. The van der Waals surface area contributed by atoms with Crippen molar-refractivity contribution in [3.8, 4) is 0 Å². The fourth-order valence-electron chi connectivity index (χ4n) is 2.38. The van der Waals surface area contributed by atoms with Crippen LogP contribution in [0.4, 0.5) is 0 Å². The van der Waals surface area contributed by atoms with E-state index in [0.717, 1.165) is 25.0 Å². The van der Waals surface area contributed by atoms with Gasteiger partial charge in [0.1, 0.15) is 4.88 Å². The van der Waals surface area contributed by atoms with Gasteiger partial charge in [0.15, 0.2) is 0 Å². The molecule has 1 amide bonds. The summed E-state index contributed by atoms with van der Waals surface area (Å²) >= 11 is 7.09. The fraction of sp³-hybridized carbons (Fsp3) is 0.750. The monoisotopic (exact) mass is 287 g/mol. The molecule has 18 heavy (non-hydrogen) atoms. The predicted molar refractivity (Wildman–Crippen MR) is 73.3 cm³/mol. The zero-order chi connectivity index (χ0) is 13.1. The van der Waals surface area contributed by atoms with E-state index >= 15 is 0 Å². The van der Waals surface area contributed by atoms with Gasteiger partial charge in [0, 0.05) is 11.9 Å². The second-order valence-corrected chi connectivity index (χ2v) is 6.13. The molecule has 1 aromatic heterocycles. The summed E-state index contributed by atoms with van der Waals surface area (Å²) in [6, 6.07) is 0.206. The van der Waals surface area contributed by atoms with Gasteiger partial charge in [0.2, 0.25) is 0 Å². The standard InChI is InChI=1S/C12H18ClN3OS/c1-7(2)10-11(18-16-15-10)12(17)14-9-5-3-4-8(9)6-13/h7-9H,3-6H2,1-2H3,(H,14,17). The molecule has 0 aliphatic heterocycles. The van der Waals surface area contributed by atoms with Crippen molar-refractivity contribution < 1.29 is 4.79 Å². The number of nitrogens with zero attached hydrogens (tertiary/aromatic N) is 2. The molecule has 100 valence electrons. The van der Waals surface area contributed by atoms with Gasteiger partial charge < -0.3 is 5.32 Å². The first-order valence-corrected chi connectivity index (χ1v) is 7.63. The molecule has 4 nitrogen and oxygen atoms in total. The highest BCUT2D eigenvalue weighted by atomic mass is 35.5. The Morgan fingerprint density at radius 1 is 1.56 bits per heavy atom. The average Bonchev–Trinajstić information content (AvgIpc) is 2.96. The molecule has 0 spiro atoms. The second kappa shape index (κ2) is 5.97. The number of nitrogens with one attached hydrogen (secondary N) is 1. The summed E-state index contributed by atoms with van der Waals surface area (Å²) < 4.78 is 3.88. The maximum absolute atomic E-state index is 12.2.